The van der Waals surface area contributed by atoms with Crippen molar-refractivity contribution in [1.29, 1.82) is 0 Å². The average molecular weight is 238 g/mol. The van der Waals surface area contributed by atoms with E-state index in [1.54, 1.807) is 6.92 Å². The standard InChI is InChI=1S/C13H18O4/c1-10(14)11-3-2-4-12(9-11)15-6-5-13-16-7-8-17-13/h2-4,9-10,13-14H,5-8H2,1H3. The molecular formula is C13H18O4. The molecule has 0 bridgehead atoms. The summed E-state index contributed by atoms with van der Waals surface area (Å²) < 4.78 is 16.2. The molecule has 4 heteroatoms. The van der Waals surface area contributed by atoms with Gasteiger partial charge in [0.05, 0.1) is 25.9 Å². The summed E-state index contributed by atoms with van der Waals surface area (Å²) in [7, 11) is 0. The fourth-order valence-corrected chi connectivity index (χ4v) is 1.71. The Morgan fingerprint density at radius 2 is 2.18 bits per heavy atom. The molecule has 1 aliphatic rings. The first-order valence-electron chi connectivity index (χ1n) is 5.90. The van der Waals surface area contributed by atoms with Gasteiger partial charge in [0.2, 0.25) is 0 Å². The van der Waals surface area contributed by atoms with Gasteiger partial charge in [0.15, 0.2) is 6.29 Å². The minimum absolute atomic E-state index is 0.130. The lowest BCUT2D eigenvalue weighted by molar-refractivity contribution is -0.0531. The predicted octanol–water partition coefficient (Wildman–Crippen LogP) is 1.88. The molecule has 0 spiro atoms. The van der Waals surface area contributed by atoms with Crippen molar-refractivity contribution in [3.8, 4) is 5.75 Å². The topological polar surface area (TPSA) is 47.9 Å². The zero-order valence-electron chi connectivity index (χ0n) is 9.96. The van der Waals surface area contributed by atoms with Crippen molar-refractivity contribution >= 4 is 0 Å². The molecule has 1 N–H and O–H groups in total. The van der Waals surface area contributed by atoms with Gasteiger partial charge in [-0.05, 0) is 24.6 Å². The number of benzene rings is 1. The Bertz CT molecular complexity index is 345. The van der Waals surface area contributed by atoms with E-state index in [0.717, 1.165) is 17.7 Å². The Labute approximate surface area is 101 Å². The molecule has 1 fully saturated rings. The quantitative estimate of drug-likeness (QED) is 0.851. The van der Waals surface area contributed by atoms with Gasteiger partial charge in [0.25, 0.3) is 0 Å². The van der Waals surface area contributed by atoms with Crippen molar-refractivity contribution in [3.63, 3.8) is 0 Å². The third kappa shape index (κ3) is 3.70. The molecule has 0 saturated carbocycles. The Kier molecular flexibility index (Phi) is 4.36. The first-order valence-corrected chi connectivity index (χ1v) is 5.90. The van der Waals surface area contributed by atoms with Crippen LogP contribution in [0.2, 0.25) is 0 Å². The summed E-state index contributed by atoms with van der Waals surface area (Å²) in [5.41, 5.74) is 0.857. The summed E-state index contributed by atoms with van der Waals surface area (Å²) >= 11 is 0. The lowest BCUT2D eigenvalue weighted by Crippen LogP contribution is -2.12. The van der Waals surface area contributed by atoms with Gasteiger partial charge < -0.3 is 19.3 Å². The molecule has 0 aliphatic carbocycles. The maximum Gasteiger partial charge on any atom is 0.161 e. The maximum absolute atomic E-state index is 9.45. The van der Waals surface area contributed by atoms with Gasteiger partial charge in [-0.2, -0.15) is 0 Å². The molecule has 1 saturated heterocycles. The first kappa shape index (κ1) is 12.4. The fourth-order valence-electron chi connectivity index (χ4n) is 1.71. The van der Waals surface area contributed by atoms with E-state index in [1.165, 1.54) is 0 Å². The van der Waals surface area contributed by atoms with Gasteiger partial charge in [-0.25, -0.2) is 0 Å². The summed E-state index contributed by atoms with van der Waals surface area (Å²) in [6, 6.07) is 7.48. The minimum Gasteiger partial charge on any atom is -0.493 e. The molecule has 1 heterocycles. The van der Waals surface area contributed by atoms with Crippen LogP contribution in [0.1, 0.15) is 25.0 Å². The number of hydrogen-bond acceptors (Lipinski definition) is 4. The normalized spacial score (nSPS) is 18.2. The predicted molar refractivity (Wildman–Crippen MR) is 62.9 cm³/mol. The highest BCUT2D eigenvalue weighted by Gasteiger charge is 2.15. The van der Waals surface area contributed by atoms with E-state index in [4.69, 9.17) is 14.2 Å². The van der Waals surface area contributed by atoms with Crippen LogP contribution in [0.15, 0.2) is 24.3 Å². The van der Waals surface area contributed by atoms with Crippen LogP contribution in [-0.2, 0) is 9.47 Å². The fraction of sp³-hybridized carbons (Fsp3) is 0.538. The lowest BCUT2D eigenvalue weighted by atomic mass is 10.1. The number of aliphatic hydroxyl groups excluding tert-OH is 1. The Balaban J connectivity index is 1.79. The van der Waals surface area contributed by atoms with Crippen LogP contribution in [0.3, 0.4) is 0 Å². The zero-order chi connectivity index (χ0) is 12.1. The van der Waals surface area contributed by atoms with Gasteiger partial charge in [-0.3, -0.25) is 0 Å². The van der Waals surface area contributed by atoms with Gasteiger partial charge >= 0.3 is 0 Å². The minimum atomic E-state index is -0.472. The summed E-state index contributed by atoms with van der Waals surface area (Å²) in [4.78, 5) is 0. The molecule has 1 aromatic carbocycles. The molecule has 4 nitrogen and oxygen atoms in total. The van der Waals surface area contributed by atoms with Crippen molar-refractivity contribution in [2.24, 2.45) is 0 Å². The zero-order valence-corrected chi connectivity index (χ0v) is 9.96. The average Bonchev–Trinajstić information content (AvgIpc) is 2.82. The summed E-state index contributed by atoms with van der Waals surface area (Å²) in [5.74, 6) is 0.765. The molecular weight excluding hydrogens is 220 g/mol. The highest BCUT2D eigenvalue weighted by Crippen LogP contribution is 2.19. The maximum atomic E-state index is 9.45. The van der Waals surface area contributed by atoms with E-state index in [0.29, 0.717) is 19.8 Å². The van der Waals surface area contributed by atoms with E-state index in [1.807, 2.05) is 24.3 Å². The molecule has 0 aromatic heterocycles. The third-order valence-corrected chi connectivity index (χ3v) is 2.65. The SMILES string of the molecule is CC(O)c1cccc(OCCC2OCCO2)c1. The Hall–Kier alpha value is -1.10. The largest absolute Gasteiger partial charge is 0.493 e. The highest BCUT2D eigenvalue weighted by atomic mass is 16.7. The molecule has 1 atom stereocenters. The number of hydrogen-bond donors (Lipinski definition) is 1. The van der Waals surface area contributed by atoms with Crippen LogP contribution < -0.4 is 4.74 Å². The van der Waals surface area contributed by atoms with Crippen LogP contribution in [0.5, 0.6) is 5.75 Å². The smallest absolute Gasteiger partial charge is 0.161 e. The molecule has 0 amide bonds. The van der Waals surface area contributed by atoms with Crippen LogP contribution in [-0.4, -0.2) is 31.2 Å². The molecule has 1 aliphatic heterocycles. The Morgan fingerprint density at radius 3 is 2.88 bits per heavy atom. The molecule has 2 rings (SSSR count). The second kappa shape index (κ2) is 6.00. The van der Waals surface area contributed by atoms with E-state index < -0.39 is 6.10 Å². The van der Waals surface area contributed by atoms with Crippen LogP contribution in [0, 0.1) is 0 Å². The van der Waals surface area contributed by atoms with Crippen LogP contribution >= 0.6 is 0 Å². The van der Waals surface area contributed by atoms with E-state index in [2.05, 4.69) is 0 Å². The third-order valence-electron chi connectivity index (χ3n) is 2.65. The van der Waals surface area contributed by atoms with Crippen molar-refractivity contribution in [1.82, 2.24) is 0 Å². The number of aliphatic hydroxyl groups is 1. The van der Waals surface area contributed by atoms with Crippen molar-refractivity contribution in [2.75, 3.05) is 19.8 Å². The summed E-state index contributed by atoms with van der Waals surface area (Å²) in [5, 5.41) is 9.45. The van der Waals surface area contributed by atoms with Crippen LogP contribution in [0.4, 0.5) is 0 Å². The Morgan fingerprint density at radius 1 is 1.41 bits per heavy atom. The van der Waals surface area contributed by atoms with Crippen molar-refractivity contribution in [2.45, 2.75) is 25.7 Å². The lowest BCUT2D eigenvalue weighted by Gasteiger charge is -2.11. The summed E-state index contributed by atoms with van der Waals surface area (Å²) in [6.45, 7) is 3.62. The second-order valence-corrected chi connectivity index (χ2v) is 4.06. The van der Waals surface area contributed by atoms with E-state index in [-0.39, 0.29) is 6.29 Å². The first-order chi connectivity index (χ1) is 8.25. The molecule has 17 heavy (non-hydrogen) atoms. The van der Waals surface area contributed by atoms with Crippen molar-refractivity contribution in [3.05, 3.63) is 29.8 Å². The van der Waals surface area contributed by atoms with Gasteiger partial charge in [-0.15, -0.1) is 0 Å². The molecule has 0 radical (unpaired) electrons. The molecule has 1 unspecified atom stereocenters. The number of rotatable bonds is 5. The highest BCUT2D eigenvalue weighted by molar-refractivity contribution is 5.29. The second-order valence-electron chi connectivity index (χ2n) is 4.06. The van der Waals surface area contributed by atoms with Gasteiger partial charge in [0, 0.05) is 6.42 Å². The van der Waals surface area contributed by atoms with Crippen LogP contribution in [0.25, 0.3) is 0 Å². The monoisotopic (exact) mass is 238 g/mol. The summed E-state index contributed by atoms with van der Waals surface area (Å²) in [6.07, 6.45) is 0.119. The molecule has 1 aromatic rings. The number of ether oxygens (including phenoxy) is 3. The van der Waals surface area contributed by atoms with E-state index >= 15 is 0 Å². The van der Waals surface area contributed by atoms with Crippen molar-refractivity contribution < 1.29 is 19.3 Å². The van der Waals surface area contributed by atoms with Gasteiger partial charge in [-0.1, -0.05) is 12.1 Å². The van der Waals surface area contributed by atoms with Gasteiger partial charge in [0.1, 0.15) is 5.75 Å². The molecule has 94 valence electrons. The van der Waals surface area contributed by atoms with E-state index in [9.17, 15) is 5.11 Å².